The van der Waals surface area contributed by atoms with E-state index in [1.54, 1.807) is 12.1 Å². The van der Waals surface area contributed by atoms with E-state index in [2.05, 4.69) is 9.89 Å². The van der Waals surface area contributed by atoms with E-state index in [9.17, 15) is 23.1 Å². The minimum atomic E-state index is -4.82. The van der Waals surface area contributed by atoms with Crippen LogP contribution in [0.15, 0.2) is 28.8 Å². The van der Waals surface area contributed by atoms with Gasteiger partial charge in [0.1, 0.15) is 17.2 Å². The van der Waals surface area contributed by atoms with E-state index in [0.29, 0.717) is 30.0 Å². The molecule has 40 heavy (non-hydrogen) atoms. The molecule has 1 aromatic heterocycles. The smallest absolute Gasteiger partial charge is 0.481 e. The molecule has 218 valence electrons. The summed E-state index contributed by atoms with van der Waals surface area (Å²) in [5.41, 5.74) is 1.13. The Hall–Kier alpha value is -2.59. The Morgan fingerprint density at radius 1 is 1.05 bits per heavy atom. The fourth-order valence-electron chi connectivity index (χ4n) is 6.92. The van der Waals surface area contributed by atoms with E-state index in [0.717, 1.165) is 70.6 Å². The summed E-state index contributed by atoms with van der Waals surface area (Å²) in [7, 11) is 0. The average Bonchev–Trinajstić information content (AvgIpc) is 3.71. The number of benzene rings is 1. The van der Waals surface area contributed by atoms with E-state index in [1.807, 2.05) is 0 Å². The molecule has 0 amide bonds. The number of hydrogen-bond acceptors (Lipinski definition) is 6. The second kappa shape index (κ2) is 10.7. The number of para-hydroxylation sites is 1. The third-order valence-corrected chi connectivity index (χ3v) is 9.59. The summed E-state index contributed by atoms with van der Waals surface area (Å²) in [5.74, 6) is -0.408. The van der Waals surface area contributed by atoms with Gasteiger partial charge in [0.25, 0.3) is 0 Å². The molecule has 5 saturated carbocycles. The monoisotopic (exact) mass is 563 g/mol. The highest BCUT2D eigenvalue weighted by Gasteiger charge is 2.50. The number of carbonyl (C=O) groups is 1. The molecule has 2 atom stereocenters. The summed E-state index contributed by atoms with van der Waals surface area (Å²) < 4.78 is 62.2. The van der Waals surface area contributed by atoms with Crippen LogP contribution >= 0.6 is 0 Å². The summed E-state index contributed by atoms with van der Waals surface area (Å²) in [6.45, 7) is 0.894. The number of aromatic nitrogens is 1. The van der Waals surface area contributed by atoms with Gasteiger partial charge < -0.3 is 23.8 Å². The third-order valence-electron chi connectivity index (χ3n) is 9.59. The highest BCUT2D eigenvalue weighted by atomic mass is 19.4. The van der Waals surface area contributed by atoms with Gasteiger partial charge in [0.15, 0.2) is 0 Å². The van der Waals surface area contributed by atoms with Gasteiger partial charge >= 0.3 is 12.3 Å². The topological polar surface area (TPSA) is 91.0 Å². The fourth-order valence-corrected chi connectivity index (χ4v) is 6.92. The van der Waals surface area contributed by atoms with Gasteiger partial charge in [-0.1, -0.05) is 23.7 Å². The van der Waals surface area contributed by atoms with Crippen LogP contribution in [0.3, 0.4) is 0 Å². The van der Waals surface area contributed by atoms with E-state index in [4.69, 9.17) is 14.0 Å². The van der Waals surface area contributed by atoms with Gasteiger partial charge in [-0.2, -0.15) is 0 Å². The SMILES string of the molecule is O=C(O)[C@H]1CCC[C@@H](OCC23CCC(OCc4c(-c5ccccc5OC(F)(F)F)noc4C4CC4)(CC2)CC3)C1. The highest BCUT2D eigenvalue weighted by molar-refractivity contribution is 5.71. The number of aliphatic carboxylic acids is 1. The van der Waals surface area contributed by atoms with Crippen LogP contribution in [0.4, 0.5) is 13.2 Å². The summed E-state index contributed by atoms with van der Waals surface area (Å²) in [6, 6.07) is 6.02. The molecule has 2 bridgehead atoms. The lowest BCUT2D eigenvalue weighted by molar-refractivity contribution is -0.274. The van der Waals surface area contributed by atoms with E-state index in [-0.39, 0.29) is 46.9 Å². The maximum atomic E-state index is 13.1. The van der Waals surface area contributed by atoms with Gasteiger partial charge in [-0.25, -0.2) is 0 Å². The van der Waals surface area contributed by atoms with Crippen molar-refractivity contribution < 1.29 is 41.8 Å². The van der Waals surface area contributed by atoms with Crippen LogP contribution in [0.2, 0.25) is 0 Å². The van der Waals surface area contributed by atoms with E-state index in [1.165, 1.54) is 12.1 Å². The lowest BCUT2D eigenvalue weighted by Crippen LogP contribution is -2.49. The molecule has 5 aliphatic carbocycles. The molecule has 7 nitrogen and oxygen atoms in total. The summed E-state index contributed by atoms with van der Waals surface area (Å²) >= 11 is 0. The maximum Gasteiger partial charge on any atom is 0.573 e. The van der Waals surface area contributed by atoms with Crippen molar-refractivity contribution in [2.75, 3.05) is 6.61 Å². The van der Waals surface area contributed by atoms with Gasteiger partial charge in [-0.15, -0.1) is 13.2 Å². The molecule has 5 aliphatic rings. The molecule has 0 saturated heterocycles. The second-order valence-corrected chi connectivity index (χ2v) is 12.3. The summed E-state index contributed by atoms with van der Waals surface area (Å²) in [6.07, 6.45) is 5.91. The lowest BCUT2D eigenvalue weighted by atomic mass is 9.59. The van der Waals surface area contributed by atoms with Crippen molar-refractivity contribution in [3.05, 3.63) is 35.6 Å². The molecule has 0 aliphatic heterocycles. The molecule has 2 aromatic rings. The number of rotatable bonds is 10. The van der Waals surface area contributed by atoms with Crippen molar-refractivity contribution >= 4 is 5.97 Å². The van der Waals surface area contributed by atoms with Gasteiger partial charge in [-0.3, -0.25) is 4.79 Å². The second-order valence-electron chi connectivity index (χ2n) is 12.3. The first-order valence-corrected chi connectivity index (χ1v) is 14.5. The third kappa shape index (κ3) is 5.88. The Bertz CT molecular complexity index is 1200. The zero-order valence-corrected chi connectivity index (χ0v) is 22.5. The molecular formula is C30H36F3NO6. The van der Waals surface area contributed by atoms with Crippen molar-refractivity contribution in [2.45, 2.75) is 108 Å². The number of alkyl halides is 3. The van der Waals surface area contributed by atoms with Gasteiger partial charge in [0, 0.05) is 17.0 Å². The lowest BCUT2D eigenvalue weighted by Gasteiger charge is -2.53. The molecule has 7 rings (SSSR count). The van der Waals surface area contributed by atoms with E-state index >= 15 is 0 Å². The summed E-state index contributed by atoms with van der Waals surface area (Å²) in [4.78, 5) is 11.4. The number of hydrogen-bond donors (Lipinski definition) is 1. The molecule has 1 N–H and O–H groups in total. The van der Waals surface area contributed by atoms with Crippen molar-refractivity contribution in [3.63, 3.8) is 0 Å². The summed E-state index contributed by atoms with van der Waals surface area (Å²) in [5, 5.41) is 13.6. The van der Waals surface area contributed by atoms with Crippen molar-refractivity contribution in [3.8, 4) is 17.0 Å². The van der Waals surface area contributed by atoms with Crippen LogP contribution in [0, 0.1) is 11.3 Å². The predicted molar refractivity (Wildman–Crippen MR) is 138 cm³/mol. The zero-order chi connectivity index (χ0) is 28.0. The largest absolute Gasteiger partial charge is 0.573 e. The number of carboxylic acid groups (broad SMARTS) is 1. The van der Waals surface area contributed by atoms with Crippen molar-refractivity contribution in [2.24, 2.45) is 11.3 Å². The molecule has 0 radical (unpaired) electrons. The fraction of sp³-hybridized carbons (Fsp3) is 0.667. The standard InChI is InChI=1S/C30H36F3NO6/c31-30(32,33)39-24-7-2-1-6-22(24)25-23(26(40-34-25)19-8-9-19)17-38-29-13-10-28(11-14-29,12-15-29)18-37-21-5-3-4-20(16-21)27(35)36/h1-2,6-7,19-21H,3-5,8-18H2,(H,35,36)/t20-,21+,28?,29?/m0/s1. The molecular weight excluding hydrogens is 527 g/mol. The molecule has 1 heterocycles. The predicted octanol–water partition coefficient (Wildman–Crippen LogP) is 7.39. The maximum absolute atomic E-state index is 13.1. The minimum Gasteiger partial charge on any atom is -0.481 e. The number of nitrogens with zero attached hydrogens (tertiary/aromatic N) is 1. The Balaban J connectivity index is 1.11. The molecule has 0 spiro atoms. The Morgan fingerprint density at radius 3 is 2.45 bits per heavy atom. The van der Waals surface area contributed by atoms with Gasteiger partial charge in [0.2, 0.25) is 0 Å². The van der Waals surface area contributed by atoms with Crippen molar-refractivity contribution in [1.29, 1.82) is 0 Å². The number of ether oxygens (including phenoxy) is 3. The molecule has 5 fully saturated rings. The van der Waals surface area contributed by atoms with Crippen LogP contribution in [0.5, 0.6) is 5.75 Å². The number of halogens is 3. The van der Waals surface area contributed by atoms with Crippen LogP contribution in [0.1, 0.15) is 94.3 Å². The van der Waals surface area contributed by atoms with Crippen molar-refractivity contribution in [1.82, 2.24) is 5.16 Å². The Labute approximate surface area is 231 Å². The normalized spacial score (nSPS) is 30.4. The van der Waals surface area contributed by atoms with E-state index < -0.39 is 12.3 Å². The van der Waals surface area contributed by atoms with Crippen LogP contribution < -0.4 is 4.74 Å². The Morgan fingerprint density at radius 2 is 1.77 bits per heavy atom. The van der Waals surface area contributed by atoms with Crippen LogP contribution in [-0.4, -0.2) is 40.9 Å². The van der Waals surface area contributed by atoms with Gasteiger partial charge in [0.05, 0.1) is 30.8 Å². The number of carboxylic acids is 1. The highest BCUT2D eigenvalue weighted by Crippen LogP contribution is 2.55. The quantitative estimate of drug-likeness (QED) is 0.322. The van der Waals surface area contributed by atoms with Gasteiger partial charge in [-0.05, 0) is 88.2 Å². The first-order chi connectivity index (χ1) is 19.1. The molecule has 1 aromatic carbocycles. The Kier molecular flexibility index (Phi) is 7.36. The molecule has 10 heteroatoms. The number of fused-ring (bicyclic) bond motifs is 3. The van der Waals surface area contributed by atoms with Crippen LogP contribution in [0.25, 0.3) is 11.3 Å². The first-order valence-electron chi connectivity index (χ1n) is 14.5. The minimum absolute atomic E-state index is 0.0196. The zero-order valence-electron chi connectivity index (χ0n) is 22.5. The average molecular weight is 564 g/mol. The molecule has 0 unspecified atom stereocenters. The first kappa shape index (κ1) is 27.6. The van der Waals surface area contributed by atoms with Crippen LogP contribution in [-0.2, 0) is 20.9 Å².